The lowest BCUT2D eigenvalue weighted by atomic mass is 10.1. The van der Waals surface area contributed by atoms with Gasteiger partial charge in [0, 0.05) is 23.4 Å². The smallest absolute Gasteiger partial charge is 0.303 e. The molecule has 0 amide bonds. The van der Waals surface area contributed by atoms with Crippen LogP contribution >= 0.6 is 27.3 Å². The van der Waals surface area contributed by atoms with Crippen LogP contribution in [0.3, 0.4) is 0 Å². The Morgan fingerprint density at radius 1 is 1.44 bits per heavy atom. The molecule has 1 heterocycles. The number of aliphatic carboxylic acids is 1. The molecule has 1 atom stereocenters. The zero-order valence-corrected chi connectivity index (χ0v) is 13.4. The Morgan fingerprint density at radius 2 is 2.11 bits per heavy atom. The van der Waals surface area contributed by atoms with Gasteiger partial charge in [0.15, 0.2) is 0 Å². The lowest BCUT2D eigenvalue weighted by Crippen LogP contribution is -2.34. The second kappa shape index (κ2) is 7.26. The standard InChI is InChI=1S/C13H20BrNO2S/c1-9(2)15(8-4-5-13(16)17)10(3)11-6-7-12(14)18-11/h6-7,9-10H,4-5,8H2,1-3H3,(H,16,17). The molecule has 0 aromatic carbocycles. The lowest BCUT2D eigenvalue weighted by Gasteiger charge is -2.32. The molecule has 18 heavy (non-hydrogen) atoms. The maximum atomic E-state index is 10.6. The minimum Gasteiger partial charge on any atom is -0.481 e. The number of halogens is 1. The Hall–Kier alpha value is -0.390. The van der Waals surface area contributed by atoms with Gasteiger partial charge in [-0.1, -0.05) is 0 Å². The van der Waals surface area contributed by atoms with Gasteiger partial charge in [-0.15, -0.1) is 11.3 Å². The number of thiophene rings is 1. The molecule has 3 nitrogen and oxygen atoms in total. The van der Waals surface area contributed by atoms with Crippen molar-refractivity contribution in [3.05, 3.63) is 20.8 Å². The van der Waals surface area contributed by atoms with Gasteiger partial charge in [-0.2, -0.15) is 0 Å². The third-order valence-electron chi connectivity index (χ3n) is 2.97. The zero-order chi connectivity index (χ0) is 13.7. The van der Waals surface area contributed by atoms with Crippen molar-refractivity contribution in [2.24, 2.45) is 0 Å². The van der Waals surface area contributed by atoms with Crippen molar-refractivity contribution in [1.29, 1.82) is 0 Å². The van der Waals surface area contributed by atoms with Gasteiger partial charge >= 0.3 is 5.97 Å². The summed E-state index contributed by atoms with van der Waals surface area (Å²) in [7, 11) is 0. The summed E-state index contributed by atoms with van der Waals surface area (Å²) in [6.07, 6.45) is 0.939. The van der Waals surface area contributed by atoms with Crippen LogP contribution in [0.4, 0.5) is 0 Å². The molecule has 1 unspecified atom stereocenters. The van der Waals surface area contributed by atoms with E-state index in [1.165, 1.54) is 4.88 Å². The molecule has 0 spiro atoms. The number of carbonyl (C=O) groups is 1. The molecule has 5 heteroatoms. The molecular weight excluding hydrogens is 314 g/mol. The largest absolute Gasteiger partial charge is 0.481 e. The predicted octanol–water partition coefficient (Wildman–Crippen LogP) is 4.15. The van der Waals surface area contributed by atoms with Crippen molar-refractivity contribution in [1.82, 2.24) is 4.90 Å². The van der Waals surface area contributed by atoms with E-state index in [0.29, 0.717) is 18.5 Å². The topological polar surface area (TPSA) is 40.5 Å². The van der Waals surface area contributed by atoms with Gasteiger partial charge in [0.05, 0.1) is 3.79 Å². The summed E-state index contributed by atoms with van der Waals surface area (Å²) in [5.74, 6) is -0.717. The molecule has 0 aliphatic heterocycles. The molecule has 0 aliphatic rings. The lowest BCUT2D eigenvalue weighted by molar-refractivity contribution is -0.137. The van der Waals surface area contributed by atoms with Crippen LogP contribution < -0.4 is 0 Å². The van der Waals surface area contributed by atoms with Crippen LogP contribution in [-0.4, -0.2) is 28.6 Å². The first-order chi connectivity index (χ1) is 8.41. The number of carboxylic acids is 1. The minimum atomic E-state index is -0.717. The highest BCUT2D eigenvalue weighted by atomic mass is 79.9. The third kappa shape index (κ3) is 4.71. The first-order valence-corrected chi connectivity index (χ1v) is 7.75. The van der Waals surface area contributed by atoms with Crippen molar-refractivity contribution in [3.8, 4) is 0 Å². The second-order valence-corrected chi connectivity index (χ2v) is 7.14. The van der Waals surface area contributed by atoms with Crippen LogP contribution in [0.25, 0.3) is 0 Å². The summed E-state index contributed by atoms with van der Waals surface area (Å²) in [4.78, 5) is 14.2. The summed E-state index contributed by atoms with van der Waals surface area (Å²) in [6.45, 7) is 7.31. The average molecular weight is 334 g/mol. The fourth-order valence-corrected chi connectivity index (χ4v) is 3.52. The Morgan fingerprint density at radius 3 is 2.56 bits per heavy atom. The number of carboxylic acid groups (broad SMARTS) is 1. The Labute approximate surface area is 121 Å². The normalized spacial score (nSPS) is 13.2. The SMILES string of the molecule is CC(C)N(CCCC(=O)O)C(C)c1ccc(Br)s1. The van der Waals surface area contributed by atoms with E-state index in [2.05, 4.69) is 53.7 Å². The fraction of sp³-hybridized carbons (Fsp3) is 0.615. The zero-order valence-electron chi connectivity index (χ0n) is 11.0. The summed E-state index contributed by atoms with van der Waals surface area (Å²) < 4.78 is 1.14. The molecule has 0 aliphatic carbocycles. The maximum Gasteiger partial charge on any atom is 0.303 e. The molecule has 1 rings (SSSR count). The molecule has 0 fully saturated rings. The summed E-state index contributed by atoms with van der Waals surface area (Å²) in [6, 6.07) is 4.93. The minimum absolute atomic E-state index is 0.240. The van der Waals surface area contributed by atoms with Gasteiger partial charge in [-0.25, -0.2) is 0 Å². The van der Waals surface area contributed by atoms with Gasteiger partial charge in [-0.05, 0) is 61.8 Å². The van der Waals surface area contributed by atoms with Crippen LogP contribution in [0.2, 0.25) is 0 Å². The average Bonchev–Trinajstić information content (AvgIpc) is 2.69. The number of hydrogen-bond acceptors (Lipinski definition) is 3. The van der Waals surface area contributed by atoms with Gasteiger partial charge in [0.2, 0.25) is 0 Å². The van der Waals surface area contributed by atoms with E-state index in [1.807, 2.05) is 0 Å². The van der Waals surface area contributed by atoms with E-state index in [0.717, 1.165) is 10.3 Å². The first-order valence-electron chi connectivity index (χ1n) is 6.14. The van der Waals surface area contributed by atoms with E-state index in [4.69, 9.17) is 5.11 Å². The second-order valence-electron chi connectivity index (χ2n) is 4.65. The summed E-state index contributed by atoms with van der Waals surface area (Å²) in [5, 5.41) is 8.70. The van der Waals surface area contributed by atoms with Gasteiger partial charge in [-0.3, -0.25) is 9.69 Å². The van der Waals surface area contributed by atoms with Gasteiger partial charge in [0.25, 0.3) is 0 Å². The van der Waals surface area contributed by atoms with Crippen molar-refractivity contribution in [2.45, 2.75) is 45.7 Å². The highest BCUT2D eigenvalue weighted by Crippen LogP contribution is 2.31. The number of hydrogen-bond donors (Lipinski definition) is 1. The van der Waals surface area contributed by atoms with E-state index in [-0.39, 0.29) is 6.42 Å². The van der Waals surface area contributed by atoms with Crippen LogP contribution in [0, 0.1) is 0 Å². The first kappa shape index (κ1) is 15.7. The van der Waals surface area contributed by atoms with Gasteiger partial charge < -0.3 is 5.11 Å². The van der Waals surface area contributed by atoms with Crippen LogP contribution in [0.15, 0.2) is 15.9 Å². The van der Waals surface area contributed by atoms with E-state index in [9.17, 15) is 4.79 Å². The monoisotopic (exact) mass is 333 g/mol. The van der Waals surface area contributed by atoms with E-state index in [1.54, 1.807) is 11.3 Å². The Balaban J connectivity index is 2.63. The molecule has 1 aromatic rings. The van der Waals surface area contributed by atoms with Crippen LogP contribution in [0.1, 0.15) is 44.5 Å². The molecule has 0 bridgehead atoms. The summed E-state index contributed by atoms with van der Waals surface area (Å²) >= 11 is 5.22. The van der Waals surface area contributed by atoms with Crippen molar-refractivity contribution in [3.63, 3.8) is 0 Å². The molecule has 0 saturated heterocycles. The van der Waals surface area contributed by atoms with Crippen LogP contribution in [-0.2, 0) is 4.79 Å². The van der Waals surface area contributed by atoms with Gasteiger partial charge in [0.1, 0.15) is 0 Å². The predicted molar refractivity (Wildman–Crippen MR) is 79.1 cm³/mol. The molecule has 102 valence electrons. The number of nitrogens with zero attached hydrogens (tertiary/aromatic N) is 1. The molecule has 0 radical (unpaired) electrons. The van der Waals surface area contributed by atoms with E-state index >= 15 is 0 Å². The molecule has 1 aromatic heterocycles. The number of rotatable bonds is 7. The molecule has 0 saturated carbocycles. The summed E-state index contributed by atoms with van der Waals surface area (Å²) in [5.41, 5.74) is 0. The maximum absolute atomic E-state index is 10.6. The Kier molecular flexibility index (Phi) is 6.32. The highest BCUT2D eigenvalue weighted by Gasteiger charge is 2.19. The highest BCUT2D eigenvalue weighted by molar-refractivity contribution is 9.11. The van der Waals surface area contributed by atoms with Crippen molar-refractivity contribution >= 4 is 33.2 Å². The van der Waals surface area contributed by atoms with E-state index < -0.39 is 5.97 Å². The molecular formula is C13H20BrNO2S. The van der Waals surface area contributed by atoms with Crippen molar-refractivity contribution in [2.75, 3.05) is 6.54 Å². The fourth-order valence-electron chi connectivity index (χ4n) is 2.03. The quantitative estimate of drug-likeness (QED) is 0.814. The Bertz CT molecular complexity index is 392. The molecule has 1 N–H and O–H groups in total. The van der Waals surface area contributed by atoms with Crippen LogP contribution in [0.5, 0.6) is 0 Å². The van der Waals surface area contributed by atoms with Crippen molar-refractivity contribution < 1.29 is 9.90 Å². The third-order valence-corrected chi connectivity index (χ3v) is 4.77.